The molecule has 4 heterocycles. The van der Waals surface area contributed by atoms with Gasteiger partial charge in [0, 0.05) is 23.5 Å². The quantitative estimate of drug-likeness (QED) is 0.333. The second-order valence-electron chi connectivity index (χ2n) is 10.0. The fraction of sp³-hybridized carbons (Fsp3) is 0.636. The molecule has 2 fully saturated rings. The predicted octanol–water partition coefficient (Wildman–Crippen LogP) is 0.245. The Kier molecular flexibility index (Phi) is 10.8. The molecule has 17 heteroatoms. The topological polar surface area (TPSA) is 242 Å². The van der Waals surface area contributed by atoms with Crippen molar-refractivity contribution in [2.75, 3.05) is 13.3 Å². The minimum absolute atomic E-state index is 0. The van der Waals surface area contributed by atoms with Crippen molar-refractivity contribution in [3.63, 3.8) is 0 Å². The van der Waals surface area contributed by atoms with Crippen LogP contribution in [0.5, 0.6) is 0 Å². The summed E-state index contributed by atoms with van der Waals surface area (Å²) >= 11 is 0. The summed E-state index contributed by atoms with van der Waals surface area (Å²) < 4.78 is 36.5. The van der Waals surface area contributed by atoms with Crippen LogP contribution in [0.4, 0.5) is 0 Å². The fourth-order valence-electron chi connectivity index (χ4n) is 4.29. The number of H-pyrrole nitrogens is 2. The molecule has 0 radical (unpaired) electrons. The predicted molar refractivity (Wildman–Crippen MR) is 143 cm³/mol. The van der Waals surface area contributed by atoms with Crippen LogP contribution in [0.1, 0.15) is 36.8 Å². The molecule has 39 heavy (non-hydrogen) atoms. The van der Waals surface area contributed by atoms with Crippen molar-refractivity contribution in [2.24, 2.45) is 0 Å². The Bertz CT molecular complexity index is 1370. The van der Waals surface area contributed by atoms with Gasteiger partial charge in [-0.15, -0.1) is 0 Å². The standard InChI is InChI=1S/C12H19N2O4P.C10H15N2O6P.H3N/c1-8-6-14(12(16)13-11(8)15)7-9-4-5-10(18-9)19(2,3)17;1-6-4-12(10(14)11-9(6)13)5-7-2-3-8(18-7)19(15,16)17;/h6,9-10H,4-5,7H2,1-3H3,(H,13,15,16);4,7-8H,2-3,5H2,1H3,(H,11,13,14)(H2,15,16,17);1H3. The van der Waals surface area contributed by atoms with Gasteiger partial charge in [-0.2, -0.15) is 0 Å². The summed E-state index contributed by atoms with van der Waals surface area (Å²) in [7, 11) is -6.75. The Morgan fingerprint density at radius 1 is 0.846 bits per heavy atom. The van der Waals surface area contributed by atoms with E-state index >= 15 is 0 Å². The number of aromatic nitrogens is 4. The van der Waals surface area contributed by atoms with Crippen molar-refractivity contribution in [3.05, 3.63) is 65.2 Å². The molecule has 5 unspecified atom stereocenters. The zero-order valence-electron chi connectivity index (χ0n) is 22.6. The molecule has 2 aromatic heterocycles. The Hall–Kier alpha value is -2.38. The molecule has 220 valence electrons. The van der Waals surface area contributed by atoms with Gasteiger partial charge in [-0.3, -0.25) is 28.7 Å². The molecule has 15 nitrogen and oxygen atoms in total. The molecule has 5 atom stereocenters. The Morgan fingerprint density at radius 3 is 1.56 bits per heavy atom. The van der Waals surface area contributed by atoms with Gasteiger partial charge in [-0.05, 0) is 52.9 Å². The van der Waals surface area contributed by atoms with Gasteiger partial charge in [0.1, 0.15) is 18.8 Å². The van der Waals surface area contributed by atoms with E-state index in [-0.39, 0.29) is 36.6 Å². The molecule has 2 saturated heterocycles. The normalized spacial score (nSPS) is 24.4. The summed E-state index contributed by atoms with van der Waals surface area (Å²) in [6.07, 6.45) is 4.47. The molecule has 0 amide bonds. The molecule has 7 N–H and O–H groups in total. The van der Waals surface area contributed by atoms with Gasteiger partial charge in [0.25, 0.3) is 11.1 Å². The minimum Gasteiger partial charge on any atom is -0.777 e. The Labute approximate surface area is 223 Å². The van der Waals surface area contributed by atoms with Gasteiger partial charge in [-0.25, -0.2) is 9.59 Å². The van der Waals surface area contributed by atoms with Gasteiger partial charge in [0.2, 0.25) is 0 Å². The number of aromatic amines is 2. The van der Waals surface area contributed by atoms with Crippen LogP contribution in [0, 0.1) is 13.8 Å². The summed E-state index contributed by atoms with van der Waals surface area (Å²) in [4.78, 5) is 69.9. The van der Waals surface area contributed by atoms with Crippen LogP contribution in [-0.4, -0.2) is 61.2 Å². The van der Waals surface area contributed by atoms with E-state index in [2.05, 4.69) is 9.97 Å². The number of ether oxygens (including phenoxy) is 2. The van der Waals surface area contributed by atoms with Crippen LogP contribution in [0.3, 0.4) is 0 Å². The van der Waals surface area contributed by atoms with E-state index in [0.717, 1.165) is 12.8 Å². The Balaban J connectivity index is 0.000000267. The van der Waals surface area contributed by atoms with E-state index in [1.165, 1.54) is 21.5 Å². The van der Waals surface area contributed by atoms with E-state index in [9.17, 15) is 33.2 Å². The van der Waals surface area contributed by atoms with E-state index in [4.69, 9.17) is 14.4 Å². The van der Waals surface area contributed by atoms with E-state index < -0.39 is 43.6 Å². The number of rotatable bonds is 6. The summed E-state index contributed by atoms with van der Waals surface area (Å²) in [5.74, 6) is -1.42. The largest absolute Gasteiger partial charge is 0.777 e. The van der Waals surface area contributed by atoms with Crippen molar-refractivity contribution >= 4 is 14.7 Å². The molecule has 2 aliphatic rings. The molecular weight excluding hydrogens is 556 g/mol. The lowest BCUT2D eigenvalue weighted by Gasteiger charge is -2.23. The summed E-state index contributed by atoms with van der Waals surface area (Å²) in [6, 6.07) is 0. The molecule has 0 bridgehead atoms. The van der Waals surface area contributed by atoms with E-state index in [1.54, 1.807) is 27.2 Å². The number of nitrogens with one attached hydrogen (secondary N) is 2. The van der Waals surface area contributed by atoms with E-state index in [0.29, 0.717) is 24.1 Å². The maximum atomic E-state index is 11.9. The third kappa shape index (κ3) is 8.81. The highest BCUT2D eigenvalue weighted by atomic mass is 31.2. The van der Waals surface area contributed by atoms with Crippen LogP contribution in [0.2, 0.25) is 0 Å². The Morgan fingerprint density at radius 2 is 1.23 bits per heavy atom. The highest BCUT2D eigenvalue weighted by Crippen LogP contribution is 2.49. The SMILES string of the molecule is Cc1cn(CC2CCC(P(=O)([O-])O)O2)c(=O)[nH]c1=O.Cc1cn(CC2CCC(P(C)(C)=O)O2)c(=O)[nH]c1=O.[NH4+]. The second kappa shape index (κ2) is 12.9. The van der Waals surface area contributed by atoms with Gasteiger partial charge < -0.3 is 34.5 Å². The lowest BCUT2D eigenvalue weighted by molar-refractivity contribution is -0.204. The molecule has 0 saturated carbocycles. The lowest BCUT2D eigenvalue weighted by Crippen LogP contribution is -2.34. The smallest absolute Gasteiger partial charge is 0.328 e. The van der Waals surface area contributed by atoms with Gasteiger partial charge in [-0.1, -0.05) is 0 Å². The molecule has 0 aromatic carbocycles. The minimum atomic E-state index is -4.50. The van der Waals surface area contributed by atoms with Crippen LogP contribution < -0.4 is 33.5 Å². The van der Waals surface area contributed by atoms with Gasteiger partial charge in [0.15, 0.2) is 7.60 Å². The number of hydrogen-bond acceptors (Lipinski definition) is 9. The summed E-state index contributed by atoms with van der Waals surface area (Å²) in [6.45, 7) is 7.17. The average Bonchev–Trinajstić information content (AvgIpc) is 3.46. The van der Waals surface area contributed by atoms with Crippen LogP contribution in [0.15, 0.2) is 31.6 Å². The molecule has 4 rings (SSSR count). The van der Waals surface area contributed by atoms with Crippen molar-refractivity contribution in [1.82, 2.24) is 25.3 Å². The summed E-state index contributed by atoms with van der Waals surface area (Å²) in [5, 5.41) is 0. The first-order chi connectivity index (χ1) is 17.5. The molecular formula is C22H37N5O10P2. The first-order valence-electron chi connectivity index (χ1n) is 12.0. The zero-order valence-corrected chi connectivity index (χ0v) is 24.4. The van der Waals surface area contributed by atoms with Crippen LogP contribution in [-0.2, 0) is 31.7 Å². The highest BCUT2D eigenvalue weighted by Gasteiger charge is 2.34. The number of quaternary nitrogens is 1. The number of aryl methyl sites for hydroxylation is 2. The third-order valence-electron chi connectivity index (χ3n) is 6.41. The van der Waals surface area contributed by atoms with Crippen LogP contribution in [0.25, 0.3) is 0 Å². The monoisotopic (exact) mass is 593 g/mol. The molecule has 2 aromatic rings. The average molecular weight is 594 g/mol. The van der Waals surface area contributed by atoms with Crippen molar-refractivity contribution in [3.8, 4) is 0 Å². The second-order valence-corrected chi connectivity index (χ2v) is 15.2. The summed E-state index contributed by atoms with van der Waals surface area (Å²) in [5.41, 5.74) is -0.948. The maximum absolute atomic E-state index is 11.9. The van der Waals surface area contributed by atoms with Crippen LogP contribution >= 0.6 is 14.7 Å². The third-order valence-corrected chi connectivity index (χ3v) is 9.28. The molecule has 2 aliphatic heterocycles. The van der Waals surface area contributed by atoms with Crippen molar-refractivity contribution < 1.29 is 28.4 Å². The highest BCUT2D eigenvalue weighted by molar-refractivity contribution is 7.62. The maximum Gasteiger partial charge on any atom is 0.328 e. The number of nitrogens with zero attached hydrogens (tertiary/aromatic N) is 2. The van der Waals surface area contributed by atoms with Crippen molar-refractivity contribution in [2.45, 2.75) is 76.5 Å². The van der Waals surface area contributed by atoms with Gasteiger partial charge in [0.05, 0.1) is 25.3 Å². The lowest BCUT2D eigenvalue weighted by atomic mass is 10.2. The fourth-order valence-corrected chi connectivity index (χ4v) is 6.32. The molecule has 0 aliphatic carbocycles. The number of hydrogen-bond donors (Lipinski definition) is 4. The van der Waals surface area contributed by atoms with Gasteiger partial charge >= 0.3 is 11.4 Å². The van der Waals surface area contributed by atoms with Crippen molar-refractivity contribution in [1.29, 1.82) is 0 Å². The van der Waals surface area contributed by atoms with E-state index in [1.807, 2.05) is 0 Å². The first kappa shape index (κ1) is 32.8. The zero-order chi connectivity index (χ0) is 28.4. The first-order valence-corrected chi connectivity index (χ1v) is 16.4. The molecule has 0 spiro atoms.